The second kappa shape index (κ2) is 8.65. The smallest absolute Gasteiger partial charge is 0.261 e. The molecule has 2 fully saturated rings. The molecule has 0 radical (unpaired) electrons. The first-order valence-corrected chi connectivity index (χ1v) is 11.7. The SMILES string of the molecule is O=C(NCc1ccn2ccnc2c1)c1ccc(C2(O)CN(C(=O)CC3CCOCC3)C2)s1. The van der Waals surface area contributed by atoms with Gasteiger partial charge in [-0.05, 0) is 48.6 Å². The molecule has 0 unspecified atom stereocenters. The molecule has 0 bridgehead atoms. The van der Waals surface area contributed by atoms with E-state index in [1.54, 1.807) is 23.2 Å². The Bertz CT molecular complexity index is 1130. The van der Waals surface area contributed by atoms with E-state index in [4.69, 9.17) is 4.74 Å². The molecule has 2 amide bonds. The lowest BCUT2D eigenvalue weighted by atomic mass is 9.90. The van der Waals surface area contributed by atoms with Gasteiger partial charge in [0.15, 0.2) is 0 Å². The highest BCUT2D eigenvalue weighted by atomic mass is 32.1. The van der Waals surface area contributed by atoms with Crippen molar-refractivity contribution >= 4 is 28.8 Å². The average Bonchev–Trinajstić information content (AvgIpc) is 3.45. The number of hydrogen-bond acceptors (Lipinski definition) is 6. The summed E-state index contributed by atoms with van der Waals surface area (Å²) in [6.07, 6.45) is 7.87. The Morgan fingerprint density at radius 1 is 1.22 bits per heavy atom. The second-order valence-corrected chi connectivity index (χ2v) is 9.70. The van der Waals surface area contributed by atoms with Gasteiger partial charge in [0.25, 0.3) is 5.91 Å². The number of thiophene rings is 1. The highest BCUT2D eigenvalue weighted by Crippen LogP contribution is 2.37. The molecule has 3 aromatic rings. The molecule has 2 saturated heterocycles. The Morgan fingerprint density at radius 2 is 2.03 bits per heavy atom. The van der Waals surface area contributed by atoms with E-state index in [0.717, 1.165) is 42.1 Å². The number of amides is 2. The lowest BCUT2D eigenvalue weighted by Crippen LogP contribution is -2.61. The van der Waals surface area contributed by atoms with Crippen LogP contribution < -0.4 is 5.32 Å². The highest BCUT2D eigenvalue weighted by molar-refractivity contribution is 7.14. The van der Waals surface area contributed by atoms with Crippen LogP contribution in [-0.4, -0.2) is 57.5 Å². The van der Waals surface area contributed by atoms with E-state index in [1.807, 2.05) is 28.9 Å². The molecule has 2 aliphatic heterocycles. The zero-order chi connectivity index (χ0) is 22.1. The van der Waals surface area contributed by atoms with Crippen LogP contribution in [0.2, 0.25) is 0 Å². The number of ether oxygens (including phenoxy) is 1. The van der Waals surface area contributed by atoms with Crippen molar-refractivity contribution in [2.24, 2.45) is 5.92 Å². The van der Waals surface area contributed by atoms with E-state index in [0.29, 0.717) is 23.8 Å². The van der Waals surface area contributed by atoms with E-state index < -0.39 is 5.60 Å². The van der Waals surface area contributed by atoms with E-state index in [1.165, 1.54) is 11.3 Å². The van der Waals surface area contributed by atoms with Crippen LogP contribution in [-0.2, 0) is 21.7 Å². The van der Waals surface area contributed by atoms with Crippen LogP contribution in [0.25, 0.3) is 5.65 Å². The van der Waals surface area contributed by atoms with Crippen LogP contribution in [0.15, 0.2) is 42.9 Å². The third kappa shape index (κ3) is 4.28. The fourth-order valence-corrected chi connectivity index (χ4v) is 5.28. The number of fused-ring (bicyclic) bond motifs is 1. The maximum absolute atomic E-state index is 12.6. The minimum Gasteiger partial charge on any atom is -0.381 e. The van der Waals surface area contributed by atoms with E-state index in [2.05, 4.69) is 10.3 Å². The number of hydrogen-bond donors (Lipinski definition) is 2. The third-order valence-corrected chi connectivity index (χ3v) is 7.54. The standard InChI is InChI=1S/C23H26N4O4S/c28-21(12-16-4-9-31-10-5-16)27-14-23(30,15-27)19-2-1-18(32-19)22(29)25-13-17-3-7-26-8-6-24-20(26)11-17/h1-3,6-8,11,16,30H,4-5,9-10,12-15H2,(H,25,29). The zero-order valence-corrected chi connectivity index (χ0v) is 18.5. The number of imidazole rings is 1. The quantitative estimate of drug-likeness (QED) is 0.595. The Kier molecular flexibility index (Phi) is 5.71. The van der Waals surface area contributed by atoms with Gasteiger partial charge in [0.1, 0.15) is 11.2 Å². The van der Waals surface area contributed by atoms with Gasteiger partial charge in [-0.3, -0.25) is 9.59 Å². The highest BCUT2D eigenvalue weighted by Gasteiger charge is 2.46. The Labute approximate surface area is 189 Å². The third-order valence-electron chi connectivity index (χ3n) is 6.27. The average molecular weight is 455 g/mol. The molecule has 8 nitrogen and oxygen atoms in total. The number of aromatic nitrogens is 2. The Balaban J connectivity index is 1.14. The number of aliphatic hydroxyl groups is 1. The first-order chi connectivity index (χ1) is 15.5. The molecule has 5 heterocycles. The van der Waals surface area contributed by atoms with Gasteiger partial charge >= 0.3 is 0 Å². The molecule has 32 heavy (non-hydrogen) atoms. The molecule has 9 heteroatoms. The minimum absolute atomic E-state index is 0.0885. The minimum atomic E-state index is -1.07. The van der Waals surface area contributed by atoms with Crippen molar-refractivity contribution in [1.29, 1.82) is 0 Å². The molecule has 2 N–H and O–H groups in total. The molecule has 0 aliphatic carbocycles. The predicted molar refractivity (Wildman–Crippen MR) is 119 cm³/mol. The van der Waals surface area contributed by atoms with Crippen LogP contribution >= 0.6 is 11.3 Å². The number of nitrogens with zero attached hydrogens (tertiary/aromatic N) is 3. The van der Waals surface area contributed by atoms with Crippen molar-refractivity contribution in [2.75, 3.05) is 26.3 Å². The van der Waals surface area contributed by atoms with Gasteiger partial charge in [-0.15, -0.1) is 11.3 Å². The molecule has 0 spiro atoms. The first kappa shape index (κ1) is 21.1. The number of carbonyl (C=O) groups excluding carboxylic acids is 2. The summed E-state index contributed by atoms with van der Waals surface area (Å²) >= 11 is 1.28. The monoisotopic (exact) mass is 454 g/mol. The topological polar surface area (TPSA) is 96.2 Å². The molecular weight excluding hydrogens is 428 g/mol. The van der Waals surface area contributed by atoms with Crippen LogP contribution in [0.1, 0.15) is 39.4 Å². The van der Waals surface area contributed by atoms with Crippen LogP contribution in [0.5, 0.6) is 0 Å². The second-order valence-electron chi connectivity index (χ2n) is 8.62. The number of nitrogens with one attached hydrogen (secondary N) is 1. The van der Waals surface area contributed by atoms with Gasteiger partial charge in [-0.1, -0.05) is 0 Å². The lowest BCUT2D eigenvalue weighted by Gasteiger charge is -2.46. The Morgan fingerprint density at radius 3 is 2.84 bits per heavy atom. The molecule has 3 aromatic heterocycles. The van der Waals surface area contributed by atoms with Crippen molar-refractivity contribution in [1.82, 2.24) is 19.6 Å². The number of likely N-dealkylation sites (tertiary alicyclic amines) is 1. The van der Waals surface area contributed by atoms with E-state index in [-0.39, 0.29) is 24.9 Å². The summed E-state index contributed by atoms with van der Waals surface area (Å²) in [6, 6.07) is 7.40. The molecule has 0 aromatic carbocycles. The van der Waals surface area contributed by atoms with Crippen molar-refractivity contribution in [2.45, 2.75) is 31.4 Å². The molecule has 168 valence electrons. The zero-order valence-electron chi connectivity index (χ0n) is 17.7. The summed E-state index contributed by atoms with van der Waals surface area (Å²) in [7, 11) is 0. The number of rotatable bonds is 6. The van der Waals surface area contributed by atoms with Crippen molar-refractivity contribution in [3.63, 3.8) is 0 Å². The molecular formula is C23H26N4O4S. The fraction of sp³-hybridized carbons (Fsp3) is 0.435. The van der Waals surface area contributed by atoms with Gasteiger partial charge in [0.2, 0.25) is 5.91 Å². The summed E-state index contributed by atoms with van der Waals surface area (Å²) in [4.78, 5) is 32.3. The summed E-state index contributed by atoms with van der Waals surface area (Å²) in [5, 5.41) is 13.9. The maximum Gasteiger partial charge on any atom is 0.261 e. The van der Waals surface area contributed by atoms with Gasteiger partial charge in [0, 0.05) is 49.6 Å². The maximum atomic E-state index is 12.6. The number of β-amino-alcohol motifs (C(OH)–C–C–N with tert-alkyl or cyclic N) is 1. The van der Waals surface area contributed by atoms with Gasteiger partial charge < -0.3 is 24.5 Å². The Hall–Kier alpha value is -2.75. The van der Waals surface area contributed by atoms with Gasteiger partial charge in [-0.25, -0.2) is 4.98 Å². The van der Waals surface area contributed by atoms with Crippen molar-refractivity contribution in [3.8, 4) is 0 Å². The summed E-state index contributed by atoms with van der Waals surface area (Å²) in [6.45, 7) is 2.40. The fourth-order valence-electron chi connectivity index (χ4n) is 4.29. The summed E-state index contributed by atoms with van der Waals surface area (Å²) in [5.74, 6) is 0.279. The van der Waals surface area contributed by atoms with E-state index in [9.17, 15) is 14.7 Å². The predicted octanol–water partition coefficient (Wildman–Crippen LogP) is 2.17. The van der Waals surface area contributed by atoms with Gasteiger partial charge in [0.05, 0.1) is 18.0 Å². The van der Waals surface area contributed by atoms with Crippen LogP contribution in [0, 0.1) is 5.92 Å². The number of carbonyl (C=O) groups is 2. The van der Waals surface area contributed by atoms with E-state index >= 15 is 0 Å². The molecule has 5 rings (SSSR count). The normalized spacial score (nSPS) is 18.5. The number of pyridine rings is 1. The lowest BCUT2D eigenvalue weighted by molar-refractivity contribution is -0.158. The molecule has 0 atom stereocenters. The van der Waals surface area contributed by atoms with Crippen molar-refractivity contribution in [3.05, 3.63) is 58.2 Å². The largest absolute Gasteiger partial charge is 0.381 e. The van der Waals surface area contributed by atoms with Crippen molar-refractivity contribution < 1.29 is 19.4 Å². The molecule has 0 saturated carbocycles. The van der Waals surface area contributed by atoms with Crippen LogP contribution in [0.3, 0.4) is 0 Å². The summed E-state index contributed by atoms with van der Waals surface area (Å²) in [5.41, 5.74) is 0.726. The first-order valence-electron chi connectivity index (χ1n) is 10.9. The summed E-state index contributed by atoms with van der Waals surface area (Å²) < 4.78 is 7.26. The molecule has 2 aliphatic rings. The van der Waals surface area contributed by atoms with Crippen LogP contribution in [0.4, 0.5) is 0 Å². The van der Waals surface area contributed by atoms with Gasteiger partial charge in [-0.2, -0.15) is 0 Å².